The van der Waals surface area contributed by atoms with E-state index >= 15 is 0 Å². The maximum Gasteiger partial charge on any atom is 0.119 e. The van der Waals surface area contributed by atoms with Gasteiger partial charge in [0.2, 0.25) is 0 Å². The summed E-state index contributed by atoms with van der Waals surface area (Å²) in [5.41, 5.74) is 0.416. The fourth-order valence-corrected chi connectivity index (χ4v) is 0.810. The highest BCUT2D eigenvalue weighted by Gasteiger charge is 2.07. The van der Waals surface area contributed by atoms with Crippen LogP contribution >= 0.6 is 0 Å². The summed E-state index contributed by atoms with van der Waals surface area (Å²) in [5, 5.41) is 9.22. The molecular formula is C12H21FO. The smallest absolute Gasteiger partial charge is 0.119 e. The second-order valence-corrected chi connectivity index (χ2v) is 2.60. The van der Waals surface area contributed by atoms with Crippen LogP contribution in [0.25, 0.3) is 0 Å². The van der Waals surface area contributed by atoms with Gasteiger partial charge in [-0.3, -0.25) is 0 Å². The molecule has 0 aromatic carbocycles. The van der Waals surface area contributed by atoms with E-state index in [4.69, 9.17) is 0 Å². The lowest BCUT2D eigenvalue weighted by Gasteiger charge is -2.08. The van der Waals surface area contributed by atoms with Crippen molar-refractivity contribution in [2.75, 3.05) is 0 Å². The molecule has 0 rings (SSSR count). The number of aliphatic hydroxyl groups is 1. The summed E-state index contributed by atoms with van der Waals surface area (Å²) in [6, 6.07) is 0. The Balaban J connectivity index is 0. The summed E-state index contributed by atoms with van der Waals surface area (Å²) in [7, 11) is 0. The second-order valence-electron chi connectivity index (χ2n) is 2.60. The van der Waals surface area contributed by atoms with Crippen LogP contribution in [0.1, 0.15) is 33.6 Å². The van der Waals surface area contributed by atoms with Crippen LogP contribution in [0, 0.1) is 0 Å². The van der Waals surface area contributed by atoms with Crippen molar-refractivity contribution in [2.24, 2.45) is 0 Å². The van der Waals surface area contributed by atoms with Crippen molar-refractivity contribution in [1.29, 1.82) is 0 Å². The lowest BCUT2D eigenvalue weighted by Crippen LogP contribution is -2.05. The van der Waals surface area contributed by atoms with E-state index in [2.05, 4.69) is 13.2 Å². The molecule has 1 N–H and O–H groups in total. The van der Waals surface area contributed by atoms with Crippen LogP contribution in [0.5, 0.6) is 0 Å². The minimum absolute atomic E-state index is 0.303. The molecule has 0 aliphatic carbocycles. The quantitative estimate of drug-likeness (QED) is 0.670. The number of hydrogen-bond donors (Lipinski definition) is 1. The normalized spacial score (nSPS) is 12.5. The summed E-state index contributed by atoms with van der Waals surface area (Å²) in [4.78, 5) is 0. The van der Waals surface area contributed by atoms with Gasteiger partial charge in [-0.2, -0.15) is 0 Å². The van der Waals surface area contributed by atoms with Crippen LogP contribution in [0.3, 0.4) is 0 Å². The first-order valence-corrected chi connectivity index (χ1v) is 4.96. The van der Waals surface area contributed by atoms with E-state index in [0.29, 0.717) is 18.4 Å². The van der Waals surface area contributed by atoms with Gasteiger partial charge in [0.05, 0.1) is 6.10 Å². The number of halogens is 1. The Morgan fingerprint density at radius 1 is 1.50 bits per heavy atom. The Hall–Kier alpha value is -0.890. The Kier molecular flexibility index (Phi) is 11.3. The van der Waals surface area contributed by atoms with Gasteiger partial charge in [-0.05, 0) is 12.0 Å². The van der Waals surface area contributed by atoms with E-state index in [-0.39, 0.29) is 0 Å². The third kappa shape index (κ3) is 7.74. The molecule has 0 spiro atoms. The van der Waals surface area contributed by atoms with Crippen LogP contribution in [0.4, 0.5) is 4.39 Å². The third-order valence-corrected chi connectivity index (χ3v) is 1.59. The fraction of sp³-hybridized carbons (Fsp3) is 0.500. The first kappa shape index (κ1) is 15.6. The number of allylic oxidation sites excluding steroid dienone is 3. The predicted molar refractivity (Wildman–Crippen MR) is 60.8 cm³/mol. The molecule has 14 heavy (non-hydrogen) atoms. The molecule has 82 valence electrons. The van der Waals surface area contributed by atoms with Crippen LogP contribution in [-0.2, 0) is 0 Å². The average molecular weight is 200 g/mol. The van der Waals surface area contributed by atoms with Crippen LogP contribution in [-0.4, -0.2) is 11.2 Å². The third-order valence-electron chi connectivity index (χ3n) is 1.59. The van der Waals surface area contributed by atoms with Gasteiger partial charge in [-0.1, -0.05) is 46.1 Å². The minimum Gasteiger partial charge on any atom is -0.393 e. The molecule has 0 aliphatic heterocycles. The van der Waals surface area contributed by atoms with Gasteiger partial charge in [-0.15, -0.1) is 0 Å². The van der Waals surface area contributed by atoms with Crippen LogP contribution in [0.2, 0.25) is 0 Å². The first-order valence-electron chi connectivity index (χ1n) is 4.96. The molecule has 0 amide bonds. The SMILES string of the molecule is C=C/C=C(/CC(O)CC)C(=C)F.CC. The van der Waals surface area contributed by atoms with Crippen LogP contribution < -0.4 is 0 Å². The molecule has 0 saturated carbocycles. The molecule has 2 heteroatoms. The van der Waals surface area contributed by atoms with E-state index < -0.39 is 11.9 Å². The Morgan fingerprint density at radius 2 is 2.00 bits per heavy atom. The highest BCUT2D eigenvalue weighted by atomic mass is 19.1. The highest BCUT2D eigenvalue weighted by molar-refractivity contribution is 5.26. The topological polar surface area (TPSA) is 20.2 Å². The molecule has 0 aliphatic rings. The molecule has 0 aromatic heterocycles. The van der Waals surface area contributed by atoms with Gasteiger partial charge in [0, 0.05) is 6.42 Å². The van der Waals surface area contributed by atoms with E-state index in [9.17, 15) is 9.50 Å². The van der Waals surface area contributed by atoms with Crippen molar-refractivity contribution in [1.82, 2.24) is 0 Å². The van der Waals surface area contributed by atoms with Crippen molar-refractivity contribution in [3.63, 3.8) is 0 Å². The number of aliphatic hydroxyl groups excluding tert-OH is 1. The summed E-state index contributed by atoms with van der Waals surface area (Å²) >= 11 is 0. The molecule has 0 aromatic rings. The molecule has 0 radical (unpaired) electrons. The predicted octanol–water partition coefficient (Wildman–Crippen LogP) is 3.77. The van der Waals surface area contributed by atoms with Crippen molar-refractivity contribution in [2.45, 2.75) is 39.7 Å². The summed E-state index contributed by atoms with van der Waals surface area (Å²) in [6.45, 7) is 12.5. The average Bonchev–Trinajstić information content (AvgIpc) is 2.19. The van der Waals surface area contributed by atoms with Crippen molar-refractivity contribution in [3.05, 3.63) is 36.7 Å². The molecule has 1 atom stereocenters. The summed E-state index contributed by atoms with van der Waals surface area (Å²) < 4.78 is 12.6. The van der Waals surface area contributed by atoms with E-state index in [0.717, 1.165) is 0 Å². The van der Waals surface area contributed by atoms with Crippen molar-refractivity contribution >= 4 is 0 Å². The van der Waals surface area contributed by atoms with E-state index in [1.165, 1.54) is 12.2 Å². The lowest BCUT2D eigenvalue weighted by atomic mass is 10.1. The number of rotatable bonds is 5. The van der Waals surface area contributed by atoms with Crippen molar-refractivity contribution < 1.29 is 9.50 Å². The minimum atomic E-state index is -0.498. The molecule has 1 unspecified atom stereocenters. The monoisotopic (exact) mass is 200 g/mol. The zero-order chi connectivity index (χ0) is 11.6. The van der Waals surface area contributed by atoms with Gasteiger partial charge < -0.3 is 5.11 Å². The molecule has 1 nitrogen and oxygen atoms in total. The Labute approximate surface area is 86.7 Å². The maximum absolute atomic E-state index is 12.6. The second kappa shape index (κ2) is 10.2. The molecule has 0 fully saturated rings. The van der Waals surface area contributed by atoms with Crippen molar-refractivity contribution in [3.8, 4) is 0 Å². The van der Waals surface area contributed by atoms with Crippen LogP contribution in [0.15, 0.2) is 36.7 Å². The maximum atomic E-state index is 12.6. The van der Waals surface area contributed by atoms with Gasteiger partial charge in [0.15, 0.2) is 0 Å². The Bertz CT molecular complexity index is 194. The standard InChI is InChI=1S/C10H15FO.C2H6/c1-4-6-9(8(3)11)7-10(12)5-2;1-2/h4,6,10,12H,1,3,5,7H2,2H3;1-2H3/b9-6-;. The zero-order valence-corrected chi connectivity index (χ0v) is 9.39. The largest absolute Gasteiger partial charge is 0.393 e. The first-order chi connectivity index (χ1) is 6.61. The molecular weight excluding hydrogens is 179 g/mol. The van der Waals surface area contributed by atoms with Gasteiger partial charge >= 0.3 is 0 Å². The van der Waals surface area contributed by atoms with Gasteiger partial charge in [0.1, 0.15) is 5.83 Å². The van der Waals surface area contributed by atoms with Gasteiger partial charge in [-0.25, -0.2) is 4.39 Å². The van der Waals surface area contributed by atoms with E-state index in [1.54, 1.807) is 0 Å². The molecule has 0 heterocycles. The highest BCUT2D eigenvalue weighted by Crippen LogP contribution is 2.16. The van der Waals surface area contributed by atoms with E-state index in [1.807, 2.05) is 20.8 Å². The van der Waals surface area contributed by atoms with Gasteiger partial charge in [0.25, 0.3) is 0 Å². The summed E-state index contributed by atoms with van der Waals surface area (Å²) in [6.07, 6.45) is 3.44. The zero-order valence-electron chi connectivity index (χ0n) is 9.39. The number of hydrogen-bond acceptors (Lipinski definition) is 1. The molecule has 0 saturated heterocycles. The fourth-order valence-electron chi connectivity index (χ4n) is 0.810. The lowest BCUT2D eigenvalue weighted by molar-refractivity contribution is 0.170. The Morgan fingerprint density at radius 3 is 2.29 bits per heavy atom. The summed E-state index contributed by atoms with van der Waals surface area (Å²) in [5.74, 6) is -0.498. The molecule has 0 bridgehead atoms.